The van der Waals surface area contributed by atoms with Crippen LogP contribution in [-0.2, 0) is 0 Å². The zero-order chi connectivity index (χ0) is 17.9. The van der Waals surface area contributed by atoms with Crippen LogP contribution in [-0.4, -0.2) is 40.1 Å². The second-order valence-corrected chi connectivity index (χ2v) is 6.13. The van der Waals surface area contributed by atoms with Gasteiger partial charge in [0.25, 0.3) is 5.91 Å². The molecule has 7 nitrogen and oxygen atoms in total. The minimum Gasteiger partial charge on any atom is -0.339 e. The molecule has 3 N–H and O–H groups in total. The summed E-state index contributed by atoms with van der Waals surface area (Å²) in [6.07, 6.45) is 0. The number of carbonyl (C=O) groups excluding carboxylic acids is 2. The molecule has 1 aromatic carbocycles. The standard InChI is InChI=1S/C16H20ClN5O2/c1-9(2)22(4)15(23)11-5-6-12(17)13(8-11)18-16(24)19-14-7-10(3)20-21-14/h5-9H,1-4H3,(H3,18,19,20,21,24). The van der Waals surface area contributed by atoms with Crippen molar-refractivity contribution in [2.24, 2.45) is 0 Å². The van der Waals surface area contributed by atoms with E-state index in [0.29, 0.717) is 22.1 Å². The Morgan fingerprint density at radius 2 is 1.96 bits per heavy atom. The van der Waals surface area contributed by atoms with Crippen LogP contribution in [0.2, 0.25) is 5.02 Å². The normalized spacial score (nSPS) is 10.6. The number of anilines is 2. The number of rotatable bonds is 4. The molecule has 1 aromatic heterocycles. The van der Waals surface area contributed by atoms with E-state index in [4.69, 9.17) is 11.6 Å². The number of halogens is 1. The van der Waals surface area contributed by atoms with Crippen molar-refractivity contribution in [3.63, 3.8) is 0 Å². The molecule has 0 aliphatic rings. The molecule has 2 rings (SSSR count). The van der Waals surface area contributed by atoms with Crippen molar-refractivity contribution in [1.82, 2.24) is 15.1 Å². The summed E-state index contributed by atoms with van der Waals surface area (Å²) in [5.41, 5.74) is 1.62. The quantitative estimate of drug-likeness (QED) is 0.789. The second-order valence-electron chi connectivity index (χ2n) is 5.72. The van der Waals surface area contributed by atoms with Crippen molar-refractivity contribution in [3.8, 4) is 0 Å². The highest BCUT2D eigenvalue weighted by Gasteiger charge is 2.16. The molecule has 0 aliphatic heterocycles. The molecule has 0 radical (unpaired) electrons. The van der Waals surface area contributed by atoms with Gasteiger partial charge in [0.2, 0.25) is 0 Å². The summed E-state index contributed by atoms with van der Waals surface area (Å²) < 4.78 is 0. The van der Waals surface area contributed by atoms with Gasteiger partial charge in [0.05, 0.1) is 10.7 Å². The summed E-state index contributed by atoms with van der Waals surface area (Å²) in [5.74, 6) is 0.251. The fourth-order valence-electron chi connectivity index (χ4n) is 1.94. The maximum absolute atomic E-state index is 12.4. The number of aromatic amines is 1. The number of nitrogens with zero attached hydrogens (tertiary/aromatic N) is 2. The van der Waals surface area contributed by atoms with Crippen LogP contribution < -0.4 is 10.6 Å². The molecule has 3 amide bonds. The summed E-state index contributed by atoms with van der Waals surface area (Å²) in [4.78, 5) is 26.0. The molecule has 0 unspecified atom stereocenters. The number of aryl methyl sites for hydroxylation is 1. The van der Waals surface area contributed by atoms with E-state index >= 15 is 0 Å². The number of amides is 3. The Hall–Kier alpha value is -2.54. The third-order valence-corrected chi connectivity index (χ3v) is 3.83. The number of carbonyl (C=O) groups is 2. The highest BCUT2D eigenvalue weighted by Crippen LogP contribution is 2.24. The number of nitrogens with one attached hydrogen (secondary N) is 3. The molecule has 128 valence electrons. The summed E-state index contributed by atoms with van der Waals surface area (Å²) in [6, 6.07) is 6.03. The molecular formula is C16H20ClN5O2. The molecule has 1 heterocycles. The first-order chi connectivity index (χ1) is 11.3. The minimum atomic E-state index is -0.495. The zero-order valence-electron chi connectivity index (χ0n) is 14.0. The molecule has 0 aliphatic carbocycles. The fraction of sp³-hybridized carbons (Fsp3) is 0.312. The molecule has 24 heavy (non-hydrogen) atoms. The van der Waals surface area contributed by atoms with E-state index in [9.17, 15) is 9.59 Å². The van der Waals surface area contributed by atoms with E-state index < -0.39 is 6.03 Å². The Balaban J connectivity index is 2.13. The van der Waals surface area contributed by atoms with Crippen molar-refractivity contribution in [3.05, 3.63) is 40.5 Å². The number of urea groups is 1. The Bertz CT molecular complexity index is 757. The third kappa shape index (κ3) is 4.26. The van der Waals surface area contributed by atoms with Crippen LogP contribution in [0.25, 0.3) is 0 Å². The van der Waals surface area contributed by atoms with Crippen molar-refractivity contribution >= 4 is 35.0 Å². The summed E-state index contributed by atoms with van der Waals surface area (Å²) in [7, 11) is 1.72. The van der Waals surface area contributed by atoms with Crippen LogP contribution in [0.15, 0.2) is 24.3 Å². The molecule has 0 atom stereocenters. The average Bonchev–Trinajstić information content (AvgIpc) is 2.92. The maximum Gasteiger partial charge on any atom is 0.324 e. The number of hydrogen-bond donors (Lipinski definition) is 3. The lowest BCUT2D eigenvalue weighted by Gasteiger charge is -2.22. The topological polar surface area (TPSA) is 90.1 Å². The van der Waals surface area contributed by atoms with Crippen LogP contribution >= 0.6 is 11.6 Å². The van der Waals surface area contributed by atoms with Crippen LogP contribution in [0.3, 0.4) is 0 Å². The van der Waals surface area contributed by atoms with Gasteiger partial charge in [0.15, 0.2) is 5.82 Å². The van der Waals surface area contributed by atoms with Gasteiger partial charge < -0.3 is 10.2 Å². The Morgan fingerprint density at radius 3 is 2.54 bits per heavy atom. The minimum absolute atomic E-state index is 0.0655. The highest BCUT2D eigenvalue weighted by atomic mass is 35.5. The summed E-state index contributed by atoms with van der Waals surface area (Å²) in [5, 5.41) is 12.2. The molecular weight excluding hydrogens is 330 g/mol. The van der Waals surface area contributed by atoms with Crippen LogP contribution in [0.5, 0.6) is 0 Å². The number of H-pyrrole nitrogens is 1. The van der Waals surface area contributed by atoms with E-state index in [1.807, 2.05) is 20.8 Å². The summed E-state index contributed by atoms with van der Waals surface area (Å²) >= 11 is 6.10. The van der Waals surface area contributed by atoms with Gasteiger partial charge in [-0.3, -0.25) is 15.2 Å². The third-order valence-electron chi connectivity index (χ3n) is 3.50. The first kappa shape index (κ1) is 17.8. The van der Waals surface area contributed by atoms with Gasteiger partial charge in [-0.15, -0.1) is 0 Å². The van der Waals surface area contributed by atoms with Crippen molar-refractivity contribution in [1.29, 1.82) is 0 Å². The van der Waals surface area contributed by atoms with Gasteiger partial charge in [-0.25, -0.2) is 4.79 Å². The Kier molecular flexibility index (Phi) is 5.46. The van der Waals surface area contributed by atoms with Gasteiger partial charge >= 0.3 is 6.03 Å². The zero-order valence-corrected chi connectivity index (χ0v) is 14.7. The molecule has 0 fully saturated rings. The monoisotopic (exact) mass is 349 g/mol. The summed E-state index contributed by atoms with van der Waals surface area (Å²) in [6.45, 7) is 5.67. The SMILES string of the molecule is Cc1cc(NC(=O)Nc2cc(C(=O)N(C)C(C)C)ccc2Cl)n[nH]1. The first-order valence-corrected chi connectivity index (χ1v) is 7.82. The maximum atomic E-state index is 12.4. The van der Waals surface area contributed by atoms with Crippen LogP contribution in [0.4, 0.5) is 16.3 Å². The van der Waals surface area contributed by atoms with E-state index in [1.54, 1.807) is 36.2 Å². The molecule has 0 saturated heterocycles. The smallest absolute Gasteiger partial charge is 0.324 e. The predicted molar refractivity (Wildman–Crippen MR) is 94.6 cm³/mol. The van der Waals surface area contributed by atoms with Crippen LogP contribution in [0, 0.1) is 6.92 Å². The lowest BCUT2D eigenvalue weighted by atomic mass is 10.1. The predicted octanol–water partition coefficient (Wildman–Crippen LogP) is 3.50. The van der Waals surface area contributed by atoms with Crippen LogP contribution in [0.1, 0.15) is 29.9 Å². The fourth-order valence-corrected chi connectivity index (χ4v) is 2.11. The van der Waals surface area contributed by atoms with Gasteiger partial charge in [-0.2, -0.15) is 5.10 Å². The highest BCUT2D eigenvalue weighted by molar-refractivity contribution is 6.34. The molecule has 8 heteroatoms. The molecule has 0 saturated carbocycles. The van der Waals surface area contributed by atoms with E-state index in [0.717, 1.165) is 5.69 Å². The lowest BCUT2D eigenvalue weighted by Crippen LogP contribution is -2.33. The van der Waals surface area contributed by atoms with E-state index in [-0.39, 0.29) is 11.9 Å². The molecule has 2 aromatic rings. The molecule has 0 bridgehead atoms. The van der Waals surface area contributed by atoms with Gasteiger partial charge in [0, 0.05) is 30.4 Å². The first-order valence-electron chi connectivity index (χ1n) is 7.44. The average molecular weight is 350 g/mol. The van der Waals surface area contributed by atoms with Crippen molar-refractivity contribution in [2.75, 3.05) is 17.7 Å². The number of aromatic nitrogens is 2. The van der Waals surface area contributed by atoms with Gasteiger partial charge in [0.1, 0.15) is 0 Å². The number of benzene rings is 1. The Labute approximate surface area is 145 Å². The largest absolute Gasteiger partial charge is 0.339 e. The Morgan fingerprint density at radius 1 is 1.25 bits per heavy atom. The number of hydrogen-bond acceptors (Lipinski definition) is 3. The van der Waals surface area contributed by atoms with Crippen molar-refractivity contribution in [2.45, 2.75) is 26.8 Å². The van der Waals surface area contributed by atoms with Crippen molar-refractivity contribution < 1.29 is 9.59 Å². The molecule has 0 spiro atoms. The van der Waals surface area contributed by atoms with Gasteiger partial charge in [-0.05, 0) is 39.0 Å². The van der Waals surface area contributed by atoms with Gasteiger partial charge in [-0.1, -0.05) is 11.6 Å². The van der Waals surface area contributed by atoms with E-state index in [2.05, 4.69) is 20.8 Å². The lowest BCUT2D eigenvalue weighted by molar-refractivity contribution is 0.0755. The second kappa shape index (κ2) is 7.35. The van der Waals surface area contributed by atoms with E-state index in [1.165, 1.54) is 0 Å².